The quantitative estimate of drug-likeness (QED) is 0.877. The second-order valence-electron chi connectivity index (χ2n) is 3.50. The SMILES string of the molecule is CCc1ccc(CNc2nc(N)ncc2F)s1. The predicted octanol–water partition coefficient (Wildman–Crippen LogP) is 2.43. The minimum Gasteiger partial charge on any atom is -0.368 e. The zero-order valence-corrected chi connectivity index (χ0v) is 10.2. The molecular formula is C11H13FN4S. The van der Waals surface area contributed by atoms with E-state index in [2.05, 4.69) is 28.3 Å². The van der Waals surface area contributed by atoms with E-state index in [1.807, 2.05) is 6.07 Å². The maximum atomic E-state index is 13.3. The summed E-state index contributed by atoms with van der Waals surface area (Å²) in [4.78, 5) is 9.81. The summed E-state index contributed by atoms with van der Waals surface area (Å²) in [5, 5.41) is 2.91. The van der Waals surface area contributed by atoms with Crippen molar-refractivity contribution < 1.29 is 4.39 Å². The minimum absolute atomic E-state index is 0.0642. The number of thiophene rings is 1. The van der Waals surface area contributed by atoms with Crippen molar-refractivity contribution in [3.8, 4) is 0 Å². The van der Waals surface area contributed by atoms with Crippen LogP contribution in [0.25, 0.3) is 0 Å². The zero-order chi connectivity index (χ0) is 12.3. The molecule has 2 aromatic rings. The smallest absolute Gasteiger partial charge is 0.222 e. The van der Waals surface area contributed by atoms with Crippen LogP contribution in [-0.2, 0) is 13.0 Å². The van der Waals surface area contributed by atoms with Crippen LogP contribution in [0.2, 0.25) is 0 Å². The molecule has 2 aromatic heterocycles. The number of halogens is 1. The molecule has 3 N–H and O–H groups in total. The summed E-state index contributed by atoms with van der Waals surface area (Å²) >= 11 is 1.70. The molecule has 0 unspecified atom stereocenters. The van der Waals surface area contributed by atoms with Gasteiger partial charge in [0.25, 0.3) is 0 Å². The number of nitrogens with one attached hydrogen (secondary N) is 1. The first-order valence-corrected chi connectivity index (χ1v) is 6.10. The molecule has 2 rings (SSSR count). The molecule has 0 aromatic carbocycles. The molecule has 0 atom stereocenters. The van der Waals surface area contributed by atoms with Gasteiger partial charge in [0.05, 0.1) is 12.7 Å². The van der Waals surface area contributed by atoms with Gasteiger partial charge in [0.2, 0.25) is 5.95 Å². The van der Waals surface area contributed by atoms with Gasteiger partial charge in [-0.05, 0) is 18.6 Å². The van der Waals surface area contributed by atoms with Gasteiger partial charge in [0.1, 0.15) is 0 Å². The molecule has 0 saturated carbocycles. The number of nitrogen functional groups attached to an aromatic ring is 1. The molecule has 0 fully saturated rings. The highest BCUT2D eigenvalue weighted by Crippen LogP contribution is 2.19. The van der Waals surface area contributed by atoms with Gasteiger partial charge in [-0.1, -0.05) is 6.92 Å². The van der Waals surface area contributed by atoms with Crippen LogP contribution in [0, 0.1) is 5.82 Å². The third-order valence-electron chi connectivity index (χ3n) is 2.26. The summed E-state index contributed by atoms with van der Waals surface area (Å²) < 4.78 is 13.3. The highest BCUT2D eigenvalue weighted by molar-refractivity contribution is 7.12. The van der Waals surface area contributed by atoms with Crippen molar-refractivity contribution in [3.05, 3.63) is 33.9 Å². The van der Waals surface area contributed by atoms with E-state index in [0.29, 0.717) is 6.54 Å². The Labute approximate surface area is 103 Å². The standard InChI is InChI=1S/C11H13FN4S/c1-2-7-3-4-8(17-7)5-14-10-9(12)6-15-11(13)16-10/h3-4,6H,2,5H2,1H3,(H3,13,14,15,16). The maximum absolute atomic E-state index is 13.3. The van der Waals surface area contributed by atoms with Crippen molar-refractivity contribution in [2.24, 2.45) is 0 Å². The first-order valence-electron chi connectivity index (χ1n) is 5.28. The first kappa shape index (κ1) is 11.8. The minimum atomic E-state index is -0.494. The van der Waals surface area contributed by atoms with Crippen LogP contribution in [0.3, 0.4) is 0 Å². The summed E-state index contributed by atoms with van der Waals surface area (Å²) in [6.07, 6.45) is 2.08. The molecule has 2 heterocycles. The molecule has 17 heavy (non-hydrogen) atoms. The van der Waals surface area contributed by atoms with Crippen molar-refractivity contribution in [3.63, 3.8) is 0 Å². The Morgan fingerprint density at radius 1 is 1.41 bits per heavy atom. The molecule has 4 nitrogen and oxygen atoms in total. The van der Waals surface area contributed by atoms with Crippen LogP contribution < -0.4 is 11.1 Å². The highest BCUT2D eigenvalue weighted by Gasteiger charge is 2.05. The fourth-order valence-electron chi connectivity index (χ4n) is 1.38. The van der Waals surface area contributed by atoms with E-state index in [1.165, 1.54) is 4.88 Å². The fourth-order valence-corrected chi connectivity index (χ4v) is 2.28. The van der Waals surface area contributed by atoms with Crippen LogP contribution >= 0.6 is 11.3 Å². The maximum Gasteiger partial charge on any atom is 0.222 e. The number of nitrogens with two attached hydrogens (primary N) is 1. The van der Waals surface area contributed by atoms with E-state index in [1.54, 1.807) is 11.3 Å². The largest absolute Gasteiger partial charge is 0.368 e. The number of hydrogen-bond acceptors (Lipinski definition) is 5. The molecule has 0 amide bonds. The Morgan fingerprint density at radius 2 is 2.18 bits per heavy atom. The molecule has 0 spiro atoms. The van der Waals surface area contributed by atoms with E-state index in [0.717, 1.165) is 17.5 Å². The third kappa shape index (κ3) is 2.91. The topological polar surface area (TPSA) is 63.8 Å². The van der Waals surface area contributed by atoms with Crippen molar-refractivity contribution in [2.75, 3.05) is 11.1 Å². The summed E-state index contributed by atoms with van der Waals surface area (Å²) in [5.74, 6) is -0.287. The van der Waals surface area contributed by atoms with Crippen molar-refractivity contribution >= 4 is 23.1 Å². The molecule has 0 bridgehead atoms. The Balaban J connectivity index is 2.04. The second kappa shape index (κ2) is 5.09. The summed E-state index contributed by atoms with van der Waals surface area (Å²) in [6, 6.07) is 4.10. The van der Waals surface area contributed by atoms with Gasteiger partial charge in [-0.2, -0.15) is 4.98 Å². The number of rotatable bonds is 4. The molecule has 0 saturated heterocycles. The van der Waals surface area contributed by atoms with E-state index < -0.39 is 5.82 Å². The molecule has 0 radical (unpaired) electrons. The van der Waals surface area contributed by atoms with Crippen molar-refractivity contribution in [1.82, 2.24) is 9.97 Å². The third-order valence-corrected chi connectivity index (χ3v) is 3.49. The van der Waals surface area contributed by atoms with Crippen LogP contribution in [0.15, 0.2) is 18.3 Å². The van der Waals surface area contributed by atoms with Crippen molar-refractivity contribution in [1.29, 1.82) is 0 Å². The fraction of sp³-hybridized carbons (Fsp3) is 0.273. The highest BCUT2D eigenvalue weighted by atomic mass is 32.1. The van der Waals surface area contributed by atoms with Gasteiger partial charge in [-0.15, -0.1) is 11.3 Å². The lowest BCUT2D eigenvalue weighted by Crippen LogP contribution is -2.05. The van der Waals surface area contributed by atoms with Gasteiger partial charge in [0, 0.05) is 9.75 Å². The number of anilines is 2. The van der Waals surface area contributed by atoms with Gasteiger partial charge in [-0.25, -0.2) is 9.37 Å². The van der Waals surface area contributed by atoms with E-state index >= 15 is 0 Å². The van der Waals surface area contributed by atoms with Crippen LogP contribution in [0.5, 0.6) is 0 Å². The van der Waals surface area contributed by atoms with E-state index in [4.69, 9.17) is 5.73 Å². The van der Waals surface area contributed by atoms with Gasteiger partial charge in [0.15, 0.2) is 11.6 Å². The molecule has 0 aliphatic carbocycles. The van der Waals surface area contributed by atoms with Crippen molar-refractivity contribution in [2.45, 2.75) is 19.9 Å². The van der Waals surface area contributed by atoms with Crippen LogP contribution in [0.4, 0.5) is 16.2 Å². The number of aryl methyl sites for hydroxylation is 1. The van der Waals surface area contributed by atoms with E-state index in [-0.39, 0.29) is 11.8 Å². The molecular weight excluding hydrogens is 239 g/mol. The van der Waals surface area contributed by atoms with E-state index in [9.17, 15) is 4.39 Å². The predicted molar refractivity (Wildman–Crippen MR) is 67.4 cm³/mol. The number of nitrogens with zero attached hydrogens (tertiary/aromatic N) is 2. The van der Waals surface area contributed by atoms with Gasteiger partial charge in [-0.3, -0.25) is 0 Å². The Hall–Kier alpha value is -1.69. The molecule has 0 aliphatic heterocycles. The number of aromatic nitrogens is 2. The Bertz CT molecular complexity index is 512. The molecule has 0 aliphatic rings. The Morgan fingerprint density at radius 3 is 2.88 bits per heavy atom. The normalized spacial score (nSPS) is 10.5. The van der Waals surface area contributed by atoms with Crippen LogP contribution in [0.1, 0.15) is 16.7 Å². The summed E-state index contributed by atoms with van der Waals surface area (Å²) in [6.45, 7) is 2.64. The van der Waals surface area contributed by atoms with Crippen LogP contribution in [-0.4, -0.2) is 9.97 Å². The second-order valence-corrected chi connectivity index (χ2v) is 4.75. The molecule has 6 heteroatoms. The average Bonchev–Trinajstić information content (AvgIpc) is 2.78. The molecule has 90 valence electrons. The average molecular weight is 252 g/mol. The zero-order valence-electron chi connectivity index (χ0n) is 9.40. The Kier molecular flexibility index (Phi) is 3.53. The van der Waals surface area contributed by atoms with Gasteiger partial charge < -0.3 is 11.1 Å². The first-order chi connectivity index (χ1) is 8.19. The summed E-state index contributed by atoms with van der Waals surface area (Å²) in [7, 11) is 0. The lowest BCUT2D eigenvalue weighted by molar-refractivity contribution is 0.617. The summed E-state index contributed by atoms with van der Waals surface area (Å²) in [5.41, 5.74) is 5.40. The van der Waals surface area contributed by atoms with Gasteiger partial charge >= 0.3 is 0 Å². The number of hydrogen-bond donors (Lipinski definition) is 2. The lowest BCUT2D eigenvalue weighted by Gasteiger charge is -2.05. The monoisotopic (exact) mass is 252 g/mol. The lowest BCUT2D eigenvalue weighted by atomic mass is 10.3.